The Labute approximate surface area is 126 Å². The number of aliphatic carboxylic acids is 1. The van der Waals surface area contributed by atoms with Crippen LogP contribution in [0.4, 0.5) is 4.79 Å². The van der Waals surface area contributed by atoms with Crippen LogP contribution in [0.1, 0.15) is 34.6 Å². The maximum absolute atomic E-state index is 12.1. The summed E-state index contributed by atoms with van der Waals surface area (Å²) in [5.74, 6) is -1.74. The van der Waals surface area contributed by atoms with Gasteiger partial charge in [0, 0.05) is 26.2 Å². The average Bonchev–Trinajstić information content (AvgIpc) is 2.44. The molecule has 21 heavy (non-hydrogen) atoms. The molecule has 0 spiro atoms. The van der Waals surface area contributed by atoms with Crippen molar-refractivity contribution in [1.29, 1.82) is 0 Å². The van der Waals surface area contributed by atoms with Crippen LogP contribution in [-0.4, -0.2) is 65.0 Å². The molecule has 3 amide bonds. The predicted molar refractivity (Wildman–Crippen MR) is 80.0 cm³/mol. The van der Waals surface area contributed by atoms with Gasteiger partial charge >= 0.3 is 12.0 Å². The fraction of sp³-hybridized carbons (Fsp3) is 0.786. The van der Waals surface area contributed by atoms with Gasteiger partial charge in [0.2, 0.25) is 5.91 Å². The quantitative estimate of drug-likeness (QED) is 0.699. The molecule has 7 nitrogen and oxygen atoms in total. The number of carboxylic acids is 1. The Morgan fingerprint density at radius 1 is 1.00 bits per heavy atom. The molecule has 0 aliphatic carbocycles. The predicted octanol–water partition coefficient (Wildman–Crippen LogP) is 0.996. The normalized spacial score (nSPS) is 13.2. The first-order valence-corrected chi connectivity index (χ1v) is 7.35. The zero-order chi connectivity index (χ0) is 16.6. The SMILES string of the molecule is CCN(CC(C)C(=O)O)C(=O)NC(C)C(=O)N(CC)CC. The van der Waals surface area contributed by atoms with Gasteiger partial charge < -0.3 is 20.2 Å². The molecule has 0 saturated carbocycles. The molecule has 7 heteroatoms. The molecule has 0 rings (SSSR count). The van der Waals surface area contributed by atoms with Gasteiger partial charge in [-0.25, -0.2) is 4.79 Å². The molecule has 0 aliphatic rings. The van der Waals surface area contributed by atoms with Crippen molar-refractivity contribution in [1.82, 2.24) is 15.1 Å². The molecule has 0 aromatic rings. The molecule has 0 fully saturated rings. The number of carbonyl (C=O) groups excluding carboxylic acids is 2. The Balaban J connectivity index is 4.62. The van der Waals surface area contributed by atoms with Crippen LogP contribution in [0.3, 0.4) is 0 Å². The van der Waals surface area contributed by atoms with Crippen molar-refractivity contribution >= 4 is 17.9 Å². The fourth-order valence-corrected chi connectivity index (χ4v) is 1.91. The van der Waals surface area contributed by atoms with E-state index in [1.807, 2.05) is 13.8 Å². The van der Waals surface area contributed by atoms with E-state index in [0.717, 1.165) is 0 Å². The van der Waals surface area contributed by atoms with Crippen molar-refractivity contribution in [2.75, 3.05) is 26.2 Å². The number of amides is 3. The number of carboxylic acid groups (broad SMARTS) is 1. The second kappa shape index (κ2) is 9.20. The Bertz CT molecular complexity index is 369. The van der Waals surface area contributed by atoms with Gasteiger partial charge in [-0.2, -0.15) is 0 Å². The monoisotopic (exact) mass is 301 g/mol. The second-order valence-electron chi connectivity index (χ2n) is 4.96. The lowest BCUT2D eigenvalue weighted by Crippen LogP contribution is -2.51. The Kier molecular flexibility index (Phi) is 8.42. The van der Waals surface area contributed by atoms with Crippen molar-refractivity contribution in [2.24, 2.45) is 5.92 Å². The van der Waals surface area contributed by atoms with Crippen molar-refractivity contribution < 1.29 is 19.5 Å². The Morgan fingerprint density at radius 2 is 1.48 bits per heavy atom. The van der Waals surface area contributed by atoms with E-state index in [4.69, 9.17) is 5.11 Å². The summed E-state index contributed by atoms with van der Waals surface area (Å²) in [6.45, 7) is 10.4. The van der Waals surface area contributed by atoms with Crippen LogP contribution in [0.25, 0.3) is 0 Å². The minimum absolute atomic E-state index is 0.115. The van der Waals surface area contributed by atoms with Gasteiger partial charge in [0.1, 0.15) is 6.04 Å². The summed E-state index contributed by atoms with van der Waals surface area (Å²) >= 11 is 0. The minimum Gasteiger partial charge on any atom is -0.481 e. The summed E-state index contributed by atoms with van der Waals surface area (Å²) in [5, 5.41) is 11.5. The smallest absolute Gasteiger partial charge is 0.318 e. The Hall–Kier alpha value is -1.79. The third-order valence-corrected chi connectivity index (χ3v) is 3.37. The molecule has 0 aromatic carbocycles. The van der Waals surface area contributed by atoms with Crippen LogP contribution in [-0.2, 0) is 9.59 Å². The van der Waals surface area contributed by atoms with E-state index in [9.17, 15) is 14.4 Å². The van der Waals surface area contributed by atoms with Gasteiger partial charge in [0.25, 0.3) is 0 Å². The summed E-state index contributed by atoms with van der Waals surface area (Å²) in [4.78, 5) is 38.1. The van der Waals surface area contributed by atoms with Crippen LogP contribution < -0.4 is 5.32 Å². The summed E-state index contributed by atoms with van der Waals surface area (Å²) in [7, 11) is 0. The standard InChI is InChI=1S/C14H27N3O4/c1-6-16(7-2)12(18)11(5)15-14(21)17(8-3)9-10(4)13(19)20/h10-11H,6-9H2,1-5H3,(H,15,21)(H,19,20). The van der Waals surface area contributed by atoms with Gasteiger partial charge in [-0.05, 0) is 27.7 Å². The molecule has 0 aliphatic heterocycles. The van der Waals surface area contributed by atoms with E-state index < -0.39 is 24.0 Å². The molecular weight excluding hydrogens is 274 g/mol. The molecule has 0 radical (unpaired) electrons. The first kappa shape index (κ1) is 19.2. The summed E-state index contributed by atoms with van der Waals surface area (Å²) in [6.07, 6.45) is 0. The highest BCUT2D eigenvalue weighted by Gasteiger charge is 2.24. The molecule has 0 saturated heterocycles. The molecule has 0 aromatic heterocycles. The van der Waals surface area contributed by atoms with Crippen molar-refractivity contribution in [2.45, 2.75) is 40.7 Å². The van der Waals surface area contributed by atoms with E-state index in [-0.39, 0.29) is 12.5 Å². The van der Waals surface area contributed by atoms with Gasteiger partial charge in [-0.1, -0.05) is 6.92 Å². The van der Waals surface area contributed by atoms with E-state index in [1.54, 1.807) is 25.7 Å². The van der Waals surface area contributed by atoms with Gasteiger partial charge in [-0.3, -0.25) is 9.59 Å². The largest absolute Gasteiger partial charge is 0.481 e. The van der Waals surface area contributed by atoms with Crippen molar-refractivity contribution in [3.05, 3.63) is 0 Å². The maximum atomic E-state index is 12.1. The second-order valence-corrected chi connectivity index (χ2v) is 4.96. The zero-order valence-electron chi connectivity index (χ0n) is 13.5. The van der Waals surface area contributed by atoms with Gasteiger partial charge in [0.05, 0.1) is 5.92 Å². The van der Waals surface area contributed by atoms with E-state index in [1.165, 1.54) is 4.90 Å². The highest BCUT2D eigenvalue weighted by molar-refractivity contribution is 5.86. The van der Waals surface area contributed by atoms with Crippen LogP contribution in [0.2, 0.25) is 0 Å². The van der Waals surface area contributed by atoms with Crippen LogP contribution in [0.15, 0.2) is 0 Å². The van der Waals surface area contributed by atoms with E-state index in [2.05, 4.69) is 5.32 Å². The third kappa shape index (κ3) is 6.01. The van der Waals surface area contributed by atoms with Crippen molar-refractivity contribution in [3.8, 4) is 0 Å². The number of nitrogens with one attached hydrogen (secondary N) is 1. The number of carbonyl (C=O) groups is 3. The van der Waals surface area contributed by atoms with Crippen LogP contribution in [0, 0.1) is 5.92 Å². The van der Waals surface area contributed by atoms with Crippen LogP contribution >= 0.6 is 0 Å². The fourth-order valence-electron chi connectivity index (χ4n) is 1.91. The highest BCUT2D eigenvalue weighted by atomic mass is 16.4. The lowest BCUT2D eigenvalue weighted by Gasteiger charge is -2.27. The van der Waals surface area contributed by atoms with Gasteiger partial charge in [0.15, 0.2) is 0 Å². The lowest BCUT2D eigenvalue weighted by atomic mass is 10.2. The molecule has 0 heterocycles. The van der Waals surface area contributed by atoms with Crippen molar-refractivity contribution in [3.63, 3.8) is 0 Å². The number of urea groups is 1. The number of nitrogens with zero attached hydrogens (tertiary/aromatic N) is 2. The summed E-state index contributed by atoms with van der Waals surface area (Å²) in [6, 6.07) is -1.05. The molecule has 122 valence electrons. The Morgan fingerprint density at radius 3 is 1.86 bits per heavy atom. The molecule has 2 unspecified atom stereocenters. The number of hydrogen-bond acceptors (Lipinski definition) is 3. The first-order valence-electron chi connectivity index (χ1n) is 7.35. The number of likely N-dealkylation sites (N-methyl/N-ethyl adjacent to an activating group) is 1. The molecule has 2 atom stereocenters. The summed E-state index contributed by atoms with van der Waals surface area (Å²) < 4.78 is 0. The first-order chi connectivity index (χ1) is 9.78. The lowest BCUT2D eigenvalue weighted by molar-refractivity contribution is -0.141. The topological polar surface area (TPSA) is 90.0 Å². The summed E-state index contributed by atoms with van der Waals surface area (Å²) in [5.41, 5.74) is 0. The molecular formula is C14H27N3O4. The van der Waals surface area contributed by atoms with E-state index >= 15 is 0 Å². The van der Waals surface area contributed by atoms with Crippen LogP contribution in [0.5, 0.6) is 0 Å². The molecule has 2 N–H and O–H groups in total. The highest BCUT2D eigenvalue weighted by Crippen LogP contribution is 2.02. The van der Waals surface area contributed by atoms with Gasteiger partial charge in [-0.15, -0.1) is 0 Å². The molecule has 0 bridgehead atoms. The number of hydrogen-bond donors (Lipinski definition) is 2. The zero-order valence-corrected chi connectivity index (χ0v) is 13.5. The number of rotatable bonds is 8. The van der Waals surface area contributed by atoms with E-state index in [0.29, 0.717) is 19.6 Å². The average molecular weight is 301 g/mol. The minimum atomic E-state index is -0.950. The third-order valence-electron chi connectivity index (χ3n) is 3.37. The maximum Gasteiger partial charge on any atom is 0.318 e.